The maximum absolute atomic E-state index is 9.75. The molecule has 0 amide bonds. The number of halogens is 4. The molecule has 0 spiro atoms. The van der Waals surface area contributed by atoms with Crippen LogP contribution in [0.5, 0.6) is 17.2 Å². The molecule has 2 aliphatic rings. The van der Waals surface area contributed by atoms with Crippen molar-refractivity contribution in [1.82, 2.24) is 4.57 Å². The maximum atomic E-state index is 9.75. The van der Waals surface area contributed by atoms with Gasteiger partial charge in [-0.2, -0.15) is 0 Å². The summed E-state index contributed by atoms with van der Waals surface area (Å²) in [5, 5.41) is 0. The Labute approximate surface area is 205 Å². The van der Waals surface area contributed by atoms with E-state index in [1.807, 2.05) is 12.1 Å². The average Bonchev–Trinajstić information content (AvgIpc) is 3.48. The van der Waals surface area contributed by atoms with Gasteiger partial charge in [0.1, 0.15) is 13.1 Å². The van der Waals surface area contributed by atoms with Gasteiger partial charge in [-0.1, -0.05) is 48.5 Å². The Bertz CT molecular complexity index is 1360. The Hall–Kier alpha value is -3.95. The number of ether oxygens (including phenoxy) is 3. The Kier molecular flexibility index (Phi) is 5.90. The summed E-state index contributed by atoms with van der Waals surface area (Å²) in [6.07, 6.45) is 0. The molecule has 3 aromatic carbocycles. The van der Waals surface area contributed by atoms with E-state index in [0.29, 0.717) is 17.2 Å². The van der Waals surface area contributed by atoms with Crippen molar-refractivity contribution in [2.24, 2.45) is 0 Å². The van der Waals surface area contributed by atoms with Crippen molar-refractivity contribution in [3.63, 3.8) is 0 Å². The molecule has 10 heteroatoms. The molecule has 0 radical (unpaired) electrons. The van der Waals surface area contributed by atoms with Gasteiger partial charge in [-0.05, 0) is 12.1 Å². The number of imidazole rings is 1. The number of fused-ring (bicyclic) bond motifs is 7. The van der Waals surface area contributed by atoms with Gasteiger partial charge in [-0.3, -0.25) is 0 Å². The number of hydrogen-bond acceptors (Lipinski definition) is 3. The fourth-order valence-electron chi connectivity index (χ4n) is 5.11. The molecule has 0 fully saturated rings. The molecule has 186 valence electrons. The molecule has 2 aliphatic heterocycles. The second-order valence-corrected chi connectivity index (χ2v) is 8.42. The predicted molar refractivity (Wildman–Crippen MR) is 129 cm³/mol. The molecule has 3 heterocycles. The van der Waals surface area contributed by atoms with Crippen molar-refractivity contribution < 1.29 is 36.0 Å². The van der Waals surface area contributed by atoms with Crippen molar-refractivity contribution in [3.8, 4) is 51.2 Å². The van der Waals surface area contributed by atoms with Crippen LogP contribution >= 0.6 is 0 Å². The molecule has 6 rings (SSSR count). The van der Waals surface area contributed by atoms with Gasteiger partial charge in [0.2, 0.25) is 5.75 Å². The van der Waals surface area contributed by atoms with E-state index in [1.165, 1.54) is 33.6 Å². The van der Waals surface area contributed by atoms with Gasteiger partial charge in [0.05, 0.1) is 26.9 Å². The first-order valence-electron chi connectivity index (χ1n) is 11.3. The van der Waals surface area contributed by atoms with Crippen LogP contribution in [-0.2, 0) is 13.1 Å². The molecule has 4 aromatic rings. The minimum atomic E-state index is -6.00. The Morgan fingerprint density at radius 3 is 1.92 bits per heavy atom. The van der Waals surface area contributed by atoms with E-state index >= 15 is 0 Å². The van der Waals surface area contributed by atoms with Crippen molar-refractivity contribution in [2.75, 3.05) is 21.3 Å². The van der Waals surface area contributed by atoms with E-state index in [2.05, 4.69) is 57.7 Å². The fraction of sp³-hybridized carbons (Fsp3) is 0.192. The summed E-state index contributed by atoms with van der Waals surface area (Å²) in [5.41, 5.74) is 8.91. The van der Waals surface area contributed by atoms with E-state index < -0.39 is 7.25 Å². The van der Waals surface area contributed by atoms with Gasteiger partial charge in [-0.25, -0.2) is 9.13 Å². The smallest absolute Gasteiger partial charge is 0.493 e. The molecule has 36 heavy (non-hydrogen) atoms. The normalized spacial score (nSPS) is 12.6. The van der Waals surface area contributed by atoms with Crippen LogP contribution < -0.4 is 18.8 Å². The van der Waals surface area contributed by atoms with Crippen molar-refractivity contribution in [3.05, 3.63) is 71.8 Å². The van der Waals surface area contributed by atoms with Crippen LogP contribution in [0.2, 0.25) is 0 Å². The van der Waals surface area contributed by atoms with Gasteiger partial charge in [0, 0.05) is 22.3 Å². The number of rotatable bonds is 4. The lowest BCUT2D eigenvalue weighted by molar-refractivity contribution is -0.660. The zero-order chi connectivity index (χ0) is 25.6. The number of aromatic nitrogens is 2. The Morgan fingerprint density at radius 2 is 1.33 bits per heavy atom. The number of nitrogens with zero attached hydrogens (tertiary/aromatic N) is 2. The first-order chi connectivity index (χ1) is 17.2. The SMILES string of the molecule is COc1cc(-c2n3c(c4[n+]2Cc2ccccc2-4)-c2ccccc2C3)cc(OC)c1OC.F[B-](F)(F)F. The molecule has 5 nitrogen and oxygen atoms in total. The van der Waals surface area contributed by atoms with Gasteiger partial charge in [0.15, 0.2) is 22.9 Å². The average molecular weight is 498 g/mol. The Balaban J connectivity index is 0.000000489. The lowest BCUT2D eigenvalue weighted by atomic mass is 10.0. The minimum absolute atomic E-state index is 0.607. The minimum Gasteiger partial charge on any atom is -0.493 e. The van der Waals surface area contributed by atoms with Crippen LogP contribution in [-0.4, -0.2) is 33.2 Å². The summed E-state index contributed by atoms with van der Waals surface area (Å²) in [4.78, 5) is 0. The largest absolute Gasteiger partial charge is 0.673 e. The number of methoxy groups -OCH3 is 3. The van der Waals surface area contributed by atoms with Crippen LogP contribution in [0.25, 0.3) is 33.9 Å². The van der Waals surface area contributed by atoms with E-state index in [-0.39, 0.29) is 0 Å². The first-order valence-corrected chi connectivity index (χ1v) is 11.3. The molecular formula is C26H23BF4N2O3. The molecule has 0 unspecified atom stereocenters. The number of hydrogen-bond donors (Lipinski definition) is 0. The topological polar surface area (TPSA) is 36.5 Å². The van der Waals surface area contributed by atoms with E-state index in [1.54, 1.807) is 21.3 Å². The van der Waals surface area contributed by atoms with E-state index in [0.717, 1.165) is 24.5 Å². The van der Waals surface area contributed by atoms with Crippen molar-refractivity contribution >= 4 is 7.25 Å². The van der Waals surface area contributed by atoms with Crippen LogP contribution in [0.1, 0.15) is 11.1 Å². The van der Waals surface area contributed by atoms with Crippen LogP contribution in [0.15, 0.2) is 60.7 Å². The molecular weight excluding hydrogens is 475 g/mol. The molecule has 0 aliphatic carbocycles. The molecule has 1 aromatic heterocycles. The third-order valence-corrected chi connectivity index (χ3v) is 6.40. The summed E-state index contributed by atoms with van der Waals surface area (Å²) < 4.78 is 60.7. The Morgan fingerprint density at radius 1 is 0.778 bits per heavy atom. The predicted octanol–water partition coefficient (Wildman–Crippen LogP) is 5.83. The highest BCUT2D eigenvalue weighted by atomic mass is 19.5. The summed E-state index contributed by atoms with van der Waals surface area (Å²) in [6, 6.07) is 21.5. The van der Waals surface area contributed by atoms with Crippen LogP contribution in [0.4, 0.5) is 17.3 Å². The number of benzene rings is 3. The zero-order valence-corrected chi connectivity index (χ0v) is 19.9. The monoisotopic (exact) mass is 498 g/mol. The van der Waals surface area contributed by atoms with Crippen molar-refractivity contribution in [2.45, 2.75) is 13.1 Å². The van der Waals surface area contributed by atoms with E-state index in [9.17, 15) is 17.3 Å². The summed E-state index contributed by atoms with van der Waals surface area (Å²) in [7, 11) is -1.05. The molecule has 0 bridgehead atoms. The molecule has 0 saturated carbocycles. The second kappa shape index (κ2) is 8.93. The fourth-order valence-corrected chi connectivity index (χ4v) is 5.11. The standard InChI is InChI=1S/C26H23N2O3.BF4/c1-29-21-12-18(13-22(30-2)25(21)31-3)26-27-14-16-8-4-6-10-19(16)23(27)24-20-11-7-5-9-17(20)15-28(24)26;2-1(3,4)5/h4-13H,14-15H2,1-3H3;/q+1;-1. The molecule has 0 saturated heterocycles. The summed E-state index contributed by atoms with van der Waals surface area (Å²) in [6.45, 7) is 1.69. The first kappa shape index (κ1) is 23.8. The second-order valence-electron chi connectivity index (χ2n) is 8.42. The van der Waals surface area contributed by atoms with Gasteiger partial charge in [-0.15, -0.1) is 0 Å². The van der Waals surface area contributed by atoms with Crippen molar-refractivity contribution in [1.29, 1.82) is 0 Å². The third-order valence-electron chi connectivity index (χ3n) is 6.40. The highest BCUT2D eigenvalue weighted by Gasteiger charge is 2.42. The van der Waals surface area contributed by atoms with Gasteiger partial charge < -0.3 is 31.5 Å². The van der Waals surface area contributed by atoms with E-state index in [4.69, 9.17) is 14.2 Å². The zero-order valence-electron chi connectivity index (χ0n) is 19.9. The maximum Gasteiger partial charge on any atom is 0.673 e. The highest BCUT2D eigenvalue weighted by molar-refractivity contribution is 6.50. The lowest BCUT2D eigenvalue weighted by Crippen LogP contribution is -2.34. The highest BCUT2D eigenvalue weighted by Crippen LogP contribution is 2.47. The van der Waals surface area contributed by atoms with Crippen LogP contribution in [0.3, 0.4) is 0 Å². The summed E-state index contributed by atoms with van der Waals surface area (Å²) >= 11 is 0. The summed E-state index contributed by atoms with van der Waals surface area (Å²) in [5.74, 6) is 3.08. The molecule has 0 atom stereocenters. The van der Waals surface area contributed by atoms with Crippen LogP contribution in [0, 0.1) is 0 Å². The molecule has 0 N–H and O–H groups in total. The lowest BCUT2D eigenvalue weighted by Gasteiger charge is -2.13. The van der Waals surface area contributed by atoms with Gasteiger partial charge in [0.25, 0.3) is 5.82 Å². The quantitative estimate of drug-likeness (QED) is 0.175. The van der Waals surface area contributed by atoms with Gasteiger partial charge >= 0.3 is 7.25 Å². The third kappa shape index (κ3) is 3.96.